The third kappa shape index (κ3) is 1.56. The number of hydrogen-bond donors (Lipinski definition) is 4. The van der Waals surface area contributed by atoms with E-state index in [9.17, 15) is 0 Å². The molecule has 0 saturated carbocycles. The number of benzene rings is 1. The van der Waals surface area contributed by atoms with Crippen molar-refractivity contribution in [2.45, 2.75) is 12.2 Å². The van der Waals surface area contributed by atoms with E-state index < -0.39 is 0 Å². The molecule has 0 saturated heterocycles. The Balaban J connectivity index is 2.43. The molecule has 0 aliphatic carbocycles. The Bertz CT molecular complexity index is 350. The van der Waals surface area contributed by atoms with Crippen molar-refractivity contribution >= 4 is 11.4 Å². The van der Waals surface area contributed by atoms with Crippen molar-refractivity contribution < 1.29 is 0 Å². The molecule has 82 valence electrons. The van der Waals surface area contributed by atoms with Crippen LogP contribution < -0.4 is 21.3 Å². The van der Waals surface area contributed by atoms with Crippen LogP contribution in [0.1, 0.15) is 11.6 Å². The molecule has 0 fully saturated rings. The summed E-state index contributed by atoms with van der Waals surface area (Å²) in [7, 11) is 5.90. The Labute approximate surface area is 90.4 Å². The molecule has 0 amide bonds. The number of fused-ring (bicyclic) bond motifs is 1. The highest BCUT2D eigenvalue weighted by atomic mass is 15.2. The van der Waals surface area contributed by atoms with E-state index in [2.05, 4.69) is 39.5 Å². The van der Waals surface area contributed by atoms with Gasteiger partial charge in [0.15, 0.2) is 0 Å². The zero-order valence-electron chi connectivity index (χ0n) is 9.39. The van der Waals surface area contributed by atoms with Crippen LogP contribution in [0.4, 0.5) is 11.4 Å². The van der Waals surface area contributed by atoms with Crippen molar-refractivity contribution in [2.24, 2.45) is 0 Å². The molecule has 1 aliphatic heterocycles. The summed E-state index contributed by atoms with van der Waals surface area (Å²) in [5.41, 5.74) is 3.68. The van der Waals surface area contributed by atoms with E-state index in [1.165, 1.54) is 16.9 Å². The quantitative estimate of drug-likeness (QED) is 0.595. The van der Waals surface area contributed by atoms with Gasteiger partial charge in [-0.1, -0.05) is 6.07 Å². The third-order valence-electron chi connectivity index (χ3n) is 2.95. The van der Waals surface area contributed by atoms with Crippen molar-refractivity contribution in [1.82, 2.24) is 10.6 Å². The first-order chi connectivity index (χ1) is 7.31. The van der Waals surface area contributed by atoms with Crippen LogP contribution in [-0.2, 0) is 0 Å². The van der Waals surface area contributed by atoms with Gasteiger partial charge >= 0.3 is 0 Å². The minimum Gasteiger partial charge on any atom is -0.388 e. The number of rotatable bonds is 3. The molecule has 2 unspecified atom stereocenters. The number of hydrogen-bond acceptors (Lipinski definition) is 4. The van der Waals surface area contributed by atoms with Gasteiger partial charge in [-0.2, -0.15) is 0 Å². The Hall–Kier alpha value is -1.26. The monoisotopic (exact) mass is 206 g/mol. The van der Waals surface area contributed by atoms with Gasteiger partial charge in [-0.05, 0) is 26.2 Å². The molecule has 2 atom stereocenters. The Kier molecular flexibility index (Phi) is 2.79. The highest BCUT2D eigenvalue weighted by Crippen LogP contribution is 2.37. The van der Waals surface area contributed by atoms with E-state index >= 15 is 0 Å². The van der Waals surface area contributed by atoms with E-state index in [4.69, 9.17) is 0 Å². The molecule has 0 spiro atoms. The number of anilines is 2. The van der Waals surface area contributed by atoms with Gasteiger partial charge in [0.25, 0.3) is 0 Å². The molecular formula is C11H18N4. The van der Waals surface area contributed by atoms with Crippen molar-refractivity contribution in [3.63, 3.8) is 0 Å². The third-order valence-corrected chi connectivity index (χ3v) is 2.95. The maximum Gasteiger partial charge on any atom is 0.0967 e. The lowest BCUT2D eigenvalue weighted by molar-refractivity contribution is 0.480. The van der Waals surface area contributed by atoms with Gasteiger partial charge in [-0.15, -0.1) is 0 Å². The van der Waals surface area contributed by atoms with Crippen LogP contribution in [0, 0.1) is 0 Å². The molecule has 4 nitrogen and oxygen atoms in total. The van der Waals surface area contributed by atoms with Crippen LogP contribution in [0.25, 0.3) is 0 Å². The lowest BCUT2D eigenvalue weighted by Crippen LogP contribution is -2.39. The molecule has 0 aromatic heterocycles. The summed E-state index contributed by atoms with van der Waals surface area (Å²) in [6.07, 6.45) is 0.250. The second-order valence-electron chi connectivity index (χ2n) is 3.69. The molecule has 0 radical (unpaired) electrons. The van der Waals surface area contributed by atoms with Crippen LogP contribution in [0.2, 0.25) is 0 Å². The first kappa shape index (κ1) is 10.3. The topological polar surface area (TPSA) is 48.1 Å². The first-order valence-corrected chi connectivity index (χ1v) is 5.23. The SMILES string of the molecule is CNc1cccc2c1C(NC)C(NC)N2. The van der Waals surface area contributed by atoms with Gasteiger partial charge in [-0.25, -0.2) is 0 Å². The van der Waals surface area contributed by atoms with Crippen LogP contribution in [0.15, 0.2) is 18.2 Å². The maximum atomic E-state index is 3.45. The van der Waals surface area contributed by atoms with Crippen LogP contribution in [0.5, 0.6) is 0 Å². The van der Waals surface area contributed by atoms with E-state index in [0.717, 1.165) is 0 Å². The molecule has 1 aromatic carbocycles. The lowest BCUT2D eigenvalue weighted by atomic mass is 10.0. The largest absolute Gasteiger partial charge is 0.388 e. The summed E-state index contributed by atoms with van der Waals surface area (Å²) < 4.78 is 0. The molecule has 1 heterocycles. The summed E-state index contributed by atoms with van der Waals surface area (Å²) in [6.45, 7) is 0. The van der Waals surface area contributed by atoms with Gasteiger partial charge in [-0.3, -0.25) is 5.32 Å². The highest BCUT2D eigenvalue weighted by molar-refractivity contribution is 5.70. The standard InChI is InChI=1S/C11H18N4/c1-12-7-5-4-6-8-9(7)10(13-2)11(14-3)15-8/h4-6,10-15H,1-3H3. The average molecular weight is 206 g/mol. The van der Waals surface area contributed by atoms with Crippen LogP contribution in [0.3, 0.4) is 0 Å². The Morgan fingerprint density at radius 3 is 2.53 bits per heavy atom. The molecule has 2 rings (SSSR count). The fourth-order valence-corrected chi connectivity index (χ4v) is 2.21. The second kappa shape index (κ2) is 4.08. The number of likely N-dealkylation sites (N-methyl/N-ethyl adjacent to an activating group) is 2. The molecule has 15 heavy (non-hydrogen) atoms. The van der Waals surface area contributed by atoms with E-state index in [-0.39, 0.29) is 6.17 Å². The summed E-state index contributed by atoms with van der Waals surface area (Å²) in [6, 6.07) is 6.57. The van der Waals surface area contributed by atoms with E-state index in [1.54, 1.807) is 0 Å². The van der Waals surface area contributed by atoms with Gasteiger partial charge in [0.05, 0.1) is 12.2 Å². The smallest absolute Gasteiger partial charge is 0.0967 e. The zero-order valence-corrected chi connectivity index (χ0v) is 9.39. The van der Waals surface area contributed by atoms with Gasteiger partial charge < -0.3 is 16.0 Å². The minimum absolute atomic E-state index is 0.250. The molecule has 0 bridgehead atoms. The van der Waals surface area contributed by atoms with Crippen molar-refractivity contribution in [2.75, 3.05) is 31.8 Å². The van der Waals surface area contributed by atoms with Gasteiger partial charge in [0.2, 0.25) is 0 Å². The van der Waals surface area contributed by atoms with Crippen LogP contribution >= 0.6 is 0 Å². The zero-order chi connectivity index (χ0) is 10.8. The van der Waals surface area contributed by atoms with Crippen molar-refractivity contribution in [3.8, 4) is 0 Å². The first-order valence-electron chi connectivity index (χ1n) is 5.23. The maximum absolute atomic E-state index is 3.45. The predicted octanol–water partition coefficient (Wildman–Crippen LogP) is 0.960. The molecule has 1 aromatic rings. The minimum atomic E-state index is 0.250. The average Bonchev–Trinajstić information content (AvgIpc) is 2.66. The van der Waals surface area contributed by atoms with E-state index in [0.29, 0.717) is 6.04 Å². The van der Waals surface area contributed by atoms with E-state index in [1.807, 2.05) is 21.1 Å². The molecule has 4 heteroatoms. The van der Waals surface area contributed by atoms with Crippen molar-refractivity contribution in [1.29, 1.82) is 0 Å². The highest BCUT2D eigenvalue weighted by Gasteiger charge is 2.31. The van der Waals surface area contributed by atoms with Gasteiger partial charge in [0, 0.05) is 24.0 Å². The fourth-order valence-electron chi connectivity index (χ4n) is 2.21. The van der Waals surface area contributed by atoms with Gasteiger partial charge in [0.1, 0.15) is 0 Å². The van der Waals surface area contributed by atoms with Crippen molar-refractivity contribution in [3.05, 3.63) is 23.8 Å². The molecular weight excluding hydrogens is 188 g/mol. The predicted molar refractivity (Wildman–Crippen MR) is 64.3 cm³/mol. The van der Waals surface area contributed by atoms with Crippen LogP contribution in [-0.4, -0.2) is 27.3 Å². The summed E-state index contributed by atoms with van der Waals surface area (Å²) in [5, 5.41) is 13.3. The Morgan fingerprint density at radius 1 is 1.13 bits per heavy atom. The number of nitrogens with one attached hydrogen (secondary N) is 4. The second-order valence-corrected chi connectivity index (χ2v) is 3.69. The molecule has 1 aliphatic rings. The molecule has 4 N–H and O–H groups in total. The summed E-state index contributed by atoms with van der Waals surface area (Å²) in [4.78, 5) is 0. The Morgan fingerprint density at radius 2 is 1.93 bits per heavy atom. The normalized spacial score (nSPS) is 23.4. The summed E-state index contributed by atoms with van der Waals surface area (Å²) in [5.74, 6) is 0. The lowest BCUT2D eigenvalue weighted by Gasteiger charge is -2.20. The fraction of sp³-hybridized carbons (Fsp3) is 0.455. The summed E-state index contributed by atoms with van der Waals surface area (Å²) >= 11 is 0.